The van der Waals surface area contributed by atoms with Gasteiger partial charge in [-0.05, 0) is 37.3 Å². The lowest BCUT2D eigenvalue weighted by atomic mass is 10.2. The number of benzene rings is 2. The molecule has 0 radical (unpaired) electrons. The SMILES string of the molecule is COc1cccc(O[C@H](C)C(=O)N2CCN(c3cccc(Cl)c3)CC2)c1. The maximum absolute atomic E-state index is 12.7. The second-order valence-electron chi connectivity index (χ2n) is 6.23. The first-order chi connectivity index (χ1) is 12.6. The number of nitrogens with zero attached hydrogens (tertiary/aromatic N) is 2. The molecular formula is C20H23ClN2O3. The molecule has 1 amide bonds. The normalized spacial score (nSPS) is 15.5. The highest BCUT2D eigenvalue weighted by Crippen LogP contribution is 2.22. The van der Waals surface area contributed by atoms with Crippen LogP contribution in [0.25, 0.3) is 0 Å². The van der Waals surface area contributed by atoms with Crippen molar-refractivity contribution in [2.75, 3.05) is 38.2 Å². The molecule has 1 atom stereocenters. The molecule has 0 saturated carbocycles. The topological polar surface area (TPSA) is 42.0 Å². The Balaban J connectivity index is 1.55. The number of halogens is 1. The zero-order valence-electron chi connectivity index (χ0n) is 15.0. The van der Waals surface area contributed by atoms with Crippen LogP contribution in [0.3, 0.4) is 0 Å². The smallest absolute Gasteiger partial charge is 0.263 e. The van der Waals surface area contributed by atoms with E-state index in [0.29, 0.717) is 24.6 Å². The van der Waals surface area contributed by atoms with Gasteiger partial charge in [0.2, 0.25) is 0 Å². The highest BCUT2D eigenvalue weighted by atomic mass is 35.5. The summed E-state index contributed by atoms with van der Waals surface area (Å²) < 4.78 is 11.0. The van der Waals surface area contributed by atoms with Crippen molar-refractivity contribution in [1.82, 2.24) is 4.90 Å². The van der Waals surface area contributed by atoms with Crippen molar-refractivity contribution in [3.63, 3.8) is 0 Å². The van der Waals surface area contributed by atoms with Crippen molar-refractivity contribution in [3.8, 4) is 11.5 Å². The van der Waals surface area contributed by atoms with E-state index in [-0.39, 0.29) is 5.91 Å². The molecule has 0 N–H and O–H groups in total. The minimum absolute atomic E-state index is 0.00133. The largest absolute Gasteiger partial charge is 0.497 e. The number of amides is 1. The molecule has 6 heteroatoms. The van der Waals surface area contributed by atoms with Crippen molar-refractivity contribution in [3.05, 3.63) is 53.6 Å². The third-order valence-corrected chi connectivity index (χ3v) is 4.70. The number of hydrogen-bond donors (Lipinski definition) is 0. The molecule has 0 aliphatic carbocycles. The van der Waals surface area contributed by atoms with Crippen LogP contribution in [0.4, 0.5) is 5.69 Å². The van der Waals surface area contributed by atoms with Crippen molar-refractivity contribution in [1.29, 1.82) is 0 Å². The minimum Gasteiger partial charge on any atom is -0.497 e. The van der Waals surface area contributed by atoms with Crippen molar-refractivity contribution in [2.24, 2.45) is 0 Å². The molecule has 0 spiro atoms. The minimum atomic E-state index is -0.542. The van der Waals surface area contributed by atoms with E-state index in [1.807, 2.05) is 47.4 Å². The van der Waals surface area contributed by atoms with Gasteiger partial charge in [-0.15, -0.1) is 0 Å². The quantitative estimate of drug-likeness (QED) is 0.803. The lowest BCUT2D eigenvalue weighted by Gasteiger charge is -2.37. The molecule has 26 heavy (non-hydrogen) atoms. The summed E-state index contributed by atoms with van der Waals surface area (Å²) >= 11 is 6.07. The number of hydrogen-bond acceptors (Lipinski definition) is 4. The average molecular weight is 375 g/mol. The van der Waals surface area contributed by atoms with E-state index < -0.39 is 6.10 Å². The fourth-order valence-electron chi connectivity index (χ4n) is 3.04. The van der Waals surface area contributed by atoms with Crippen molar-refractivity contribution < 1.29 is 14.3 Å². The van der Waals surface area contributed by atoms with Gasteiger partial charge in [0, 0.05) is 43.0 Å². The van der Waals surface area contributed by atoms with Gasteiger partial charge in [-0.25, -0.2) is 0 Å². The molecule has 0 aromatic heterocycles. The van der Waals surface area contributed by atoms with E-state index in [1.165, 1.54) is 0 Å². The summed E-state index contributed by atoms with van der Waals surface area (Å²) in [4.78, 5) is 16.8. The highest BCUT2D eigenvalue weighted by molar-refractivity contribution is 6.30. The molecule has 5 nitrogen and oxygen atoms in total. The van der Waals surface area contributed by atoms with Crippen LogP contribution in [0.2, 0.25) is 5.02 Å². The molecule has 138 valence electrons. The number of carbonyl (C=O) groups excluding carboxylic acids is 1. The van der Waals surface area contributed by atoms with E-state index in [9.17, 15) is 4.79 Å². The molecule has 1 saturated heterocycles. The summed E-state index contributed by atoms with van der Waals surface area (Å²) in [7, 11) is 1.60. The Bertz CT molecular complexity index is 760. The van der Waals surface area contributed by atoms with Gasteiger partial charge in [0.05, 0.1) is 7.11 Å². The first-order valence-electron chi connectivity index (χ1n) is 8.67. The van der Waals surface area contributed by atoms with Crippen LogP contribution < -0.4 is 14.4 Å². The van der Waals surface area contributed by atoms with E-state index in [2.05, 4.69) is 4.90 Å². The average Bonchev–Trinajstić information content (AvgIpc) is 2.67. The standard InChI is InChI=1S/C20H23ClN2O3/c1-15(26-19-8-4-7-18(14-19)25-2)20(24)23-11-9-22(10-12-23)17-6-3-5-16(21)13-17/h3-8,13-15H,9-12H2,1-2H3/t15-/m1/s1. The van der Waals surface area contributed by atoms with E-state index >= 15 is 0 Å². The molecular weight excluding hydrogens is 352 g/mol. The van der Waals surface area contributed by atoms with Crippen LogP contribution in [0.15, 0.2) is 48.5 Å². The number of anilines is 1. The number of carbonyl (C=O) groups is 1. The van der Waals surface area contributed by atoms with Gasteiger partial charge in [0.1, 0.15) is 11.5 Å². The second-order valence-corrected chi connectivity index (χ2v) is 6.67. The van der Waals surface area contributed by atoms with Crippen LogP contribution in [0, 0.1) is 0 Å². The Morgan fingerprint density at radius 1 is 1.04 bits per heavy atom. The summed E-state index contributed by atoms with van der Waals surface area (Å²) in [5.74, 6) is 1.33. The van der Waals surface area contributed by atoms with Gasteiger partial charge in [-0.1, -0.05) is 23.7 Å². The molecule has 1 heterocycles. The van der Waals surface area contributed by atoms with Gasteiger partial charge in [-0.2, -0.15) is 0 Å². The fourth-order valence-corrected chi connectivity index (χ4v) is 3.23. The third kappa shape index (κ3) is 4.41. The zero-order chi connectivity index (χ0) is 18.5. The Hall–Kier alpha value is -2.40. The molecule has 2 aromatic rings. The van der Waals surface area contributed by atoms with Crippen LogP contribution in [0.5, 0.6) is 11.5 Å². The lowest BCUT2D eigenvalue weighted by Crippen LogP contribution is -2.52. The lowest BCUT2D eigenvalue weighted by molar-refractivity contribution is -0.138. The number of piperazine rings is 1. The fraction of sp³-hybridized carbons (Fsp3) is 0.350. The van der Waals surface area contributed by atoms with E-state index in [1.54, 1.807) is 20.1 Å². The Kier molecular flexibility index (Phi) is 5.89. The molecule has 0 unspecified atom stereocenters. The van der Waals surface area contributed by atoms with Gasteiger partial charge < -0.3 is 19.3 Å². The summed E-state index contributed by atoms with van der Waals surface area (Å²) in [6.07, 6.45) is -0.542. The molecule has 1 aliphatic heterocycles. The second kappa shape index (κ2) is 8.32. The first kappa shape index (κ1) is 18.4. The van der Waals surface area contributed by atoms with E-state index in [0.717, 1.165) is 23.8 Å². The predicted octanol–water partition coefficient (Wildman–Crippen LogP) is 3.46. The van der Waals surface area contributed by atoms with E-state index in [4.69, 9.17) is 21.1 Å². The monoisotopic (exact) mass is 374 g/mol. The van der Waals surface area contributed by atoms with Gasteiger partial charge in [-0.3, -0.25) is 4.79 Å². The first-order valence-corrected chi connectivity index (χ1v) is 9.04. The van der Waals surface area contributed by atoms with Crippen LogP contribution >= 0.6 is 11.6 Å². The zero-order valence-corrected chi connectivity index (χ0v) is 15.8. The number of ether oxygens (including phenoxy) is 2. The number of rotatable bonds is 5. The molecule has 1 fully saturated rings. The predicted molar refractivity (Wildman–Crippen MR) is 103 cm³/mol. The van der Waals surface area contributed by atoms with Crippen LogP contribution in [-0.2, 0) is 4.79 Å². The van der Waals surface area contributed by atoms with Crippen LogP contribution in [0.1, 0.15) is 6.92 Å². The summed E-state index contributed by atoms with van der Waals surface area (Å²) in [6.45, 7) is 4.66. The highest BCUT2D eigenvalue weighted by Gasteiger charge is 2.26. The third-order valence-electron chi connectivity index (χ3n) is 4.47. The maximum Gasteiger partial charge on any atom is 0.263 e. The van der Waals surface area contributed by atoms with Crippen molar-refractivity contribution >= 4 is 23.2 Å². The van der Waals surface area contributed by atoms with Gasteiger partial charge in [0.25, 0.3) is 5.91 Å². The Morgan fingerprint density at radius 2 is 1.73 bits per heavy atom. The summed E-state index contributed by atoms with van der Waals surface area (Å²) in [5, 5.41) is 0.723. The number of methoxy groups -OCH3 is 1. The summed E-state index contributed by atoms with van der Waals surface area (Å²) in [5.41, 5.74) is 1.09. The van der Waals surface area contributed by atoms with Crippen LogP contribution in [-0.4, -0.2) is 50.2 Å². The Morgan fingerprint density at radius 3 is 2.42 bits per heavy atom. The van der Waals surface area contributed by atoms with Gasteiger partial charge >= 0.3 is 0 Å². The van der Waals surface area contributed by atoms with Gasteiger partial charge in [0.15, 0.2) is 6.10 Å². The molecule has 0 bridgehead atoms. The maximum atomic E-state index is 12.7. The molecule has 1 aliphatic rings. The molecule has 2 aromatic carbocycles. The molecule has 3 rings (SSSR count). The Labute approximate surface area is 159 Å². The van der Waals surface area contributed by atoms with Crippen molar-refractivity contribution in [2.45, 2.75) is 13.0 Å². The summed E-state index contributed by atoms with van der Waals surface area (Å²) in [6, 6.07) is 15.1.